The Hall–Kier alpha value is -6.36. The van der Waals surface area contributed by atoms with E-state index in [1.54, 1.807) is 24.4 Å². The molecule has 0 aliphatic carbocycles. The maximum Gasteiger partial charge on any atom is 0.418 e. The first kappa shape index (κ1) is 34.1. The number of carbonyl (C=O) groups excluding carboxylic acids is 3. The first-order chi connectivity index (χ1) is 25.3. The molecule has 0 radical (unpaired) electrons. The second-order valence-corrected chi connectivity index (χ2v) is 12.3. The van der Waals surface area contributed by atoms with E-state index in [0.29, 0.717) is 34.4 Å². The number of aromatic nitrogens is 2. The quantitative estimate of drug-likeness (QED) is 0.101. The van der Waals surface area contributed by atoms with Crippen LogP contribution in [0.15, 0.2) is 97.3 Å². The summed E-state index contributed by atoms with van der Waals surface area (Å²) in [6, 6.07) is 24.5. The lowest BCUT2D eigenvalue weighted by Crippen LogP contribution is -2.31. The van der Waals surface area contributed by atoms with Crippen molar-refractivity contribution in [3.05, 3.63) is 125 Å². The maximum absolute atomic E-state index is 16.0. The molecule has 1 N–H and O–H groups in total. The number of halogens is 1. The molecule has 3 heterocycles. The minimum atomic E-state index is -0.712. The summed E-state index contributed by atoms with van der Waals surface area (Å²) in [4.78, 5) is 47.1. The van der Waals surface area contributed by atoms with E-state index in [1.807, 2.05) is 61.5 Å². The predicted molar refractivity (Wildman–Crippen MR) is 195 cm³/mol. The minimum absolute atomic E-state index is 0.0182. The topological polar surface area (TPSA) is 112 Å². The van der Waals surface area contributed by atoms with Gasteiger partial charge in [-0.3, -0.25) is 19.1 Å². The van der Waals surface area contributed by atoms with Crippen molar-refractivity contribution in [2.75, 3.05) is 20.8 Å². The largest absolute Gasteiger partial charge is 0.497 e. The average Bonchev–Trinajstić information content (AvgIpc) is 3.82. The Morgan fingerprint density at radius 1 is 0.827 bits per heavy atom. The molecule has 2 amide bonds. The maximum atomic E-state index is 16.0. The van der Waals surface area contributed by atoms with Crippen LogP contribution in [0.3, 0.4) is 0 Å². The van der Waals surface area contributed by atoms with Gasteiger partial charge in [-0.2, -0.15) is 0 Å². The molecule has 0 bridgehead atoms. The summed E-state index contributed by atoms with van der Waals surface area (Å²) in [6.45, 7) is 2.11. The number of rotatable bonds is 12. The van der Waals surface area contributed by atoms with Crippen LogP contribution in [-0.2, 0) is 27.5 Å². The number of amides is 2. The highest BCUT2D eigenvalue weighted by Gasteiger charge is 2.42. The number of benzene rings is 4. The van der Waals surface area contributed by atoms with Gasteiger partial charge in [-0.05, 0) is 36.2 Å². The molecule has 11 heteroatoms. The van der Waals surface area contributed by atoms with Gasteiger partial charge in [0.15, 0.2) is 11.6 Å². The summed E-state index contributed by atoms with van der Waals surface area (Å²) >= 11 is 0. The van der Waals surface area contributed by atoms with E-state index in [4.69, 9.17) is 18.9 Å². The molecule has 0 fully saturated rings. The minimum Gasteiger partial charge on any atom is -0.497 e. The number of para-hydroxylation sites is 1. The van der Waals surface area contributed by atoms with E-state index in [1.165, 1.54) is 37.1 Å². The Morgan fingerprint density at radius 3 is 2.33 bits per heavy atom. The standard InChI is InChI=1S/C41H36FN3O7/c1-4-5-17-51-41(48)44-23-31(29-19-32(42)36(20-34(29)44)52-24-25-11-7-6-8-12-25)38-37(30-21-43-33-14-10-9-13-28(30)33)39(46)45(40(38)47)22-26-15-16-27(49-2)18-35(26)50-3/h6-16,18-21,23,43H,4-5,17,22,24H2,1-3H3. The molecule has 0 saturated carbocycles. The number of aromatic amines is 1. The van der Waals surface area contributed by atoms with Crippen LogP contribution in [0.4, 0.5) is 9.18 Å². The van der Waals surface area contributed by atoms with Crippen LogP contribution in [0.2, 0.25) is 0 Å². The van der Waals surface area contributed by atoms with Gasteiger partial charge in [-0.25, -0.2) is 9.18 Å². The molecule has 10 nitrogen and oxygen atoms in total. The Morgan fingerprint density at radius 2 is 1.58 bits per heavy atom. The summed E-state index contributed by atoms with van der Waals surface area (Å²) in [6.07, 6.45) is 3.85. The van der Waals surface area contributed by atoms with E-state index in [0.717, 1.165) is 22.4 Å². The van der Waals surface area contributed by atoms with Crippen molar-refractivity contribution in [2.45, 2.75) is 32.9 Å². The van der Waals surface area contributed by atoms with E-state index < -0.39 is 23.7 Å². The second-order valence-electron chi connectivity index (χ2n) is 12.3. The summed E-state index contributed by atoms with van der Waals surface area (Å²) in [5.41, 5.74) is 3.21. The molecule has 264 valence electrons. The van der Waals surface area contributed by atoms with Gasteiger partial charge >= 0.3 is 6.09 Å². The summed E-state index contributed by atoms with van der Waals surface area (Å²) in [5, 5.41) is 0.944. The molecule has 0 unspecified atom stereocenters. The fourth-order valence-electron chi connectivity index (χ4n) is 6.45. The molecule has 52 heavy (non-hydrogen) atoms. The first-order valence-corrected chi connectivity index (χ1v) is 16.9. The molecule has 2 aromatic heterocycles. The monoisotopic (exact) mass is 701 g/mol. The lowest BCUT2D eigenvalue weighted by Gasteiger charge is -2.18. The van der Waals surface area contributed by atoms with Gasteiger partial charge in [0, 0.05) is 57.5 Å². The highest BCUT2D eigenvalue weighted by molar-refractivity contribution is 6.50. The number of unbranched alkanes of at least 4 members (excludes halogenated alkanes) is 1. The highest BCUT2D eigenvalue weighted by atomic mass is 19.1. The highest BCUT2D eigenvalue weighted by Crippen LogP contribution is 2.43. The van der Waals surface area contributed by atoms with Crippen molar-refractivity contribution in [1.82, 2.24) is 14.5 Å². The van der Waals surface area contributed by atoms with Gasteiger partial charge in [0.1, 0.15) is 18.1 Å². The van der Waals surface area contributed by atoms with Gasteiger partial charge < -0.3 is 23.9 Å². The smallest absolute Gasteiger partial charge is 0.418 e. The van der Waals surface area contributed by atoms with Gasteiger partial charge in [0.25, 0.3) is 11.8 Å². The molecule has 0 spiro atoms. The van der Waals surface area contributed by atoms with Crippen molar-refractivity contribution in [2.24, 2.45) is 0 Å². The van der Waals surface area contributed by atoms with Gasteiger partial charge in [-0.15, -0.1) is 0 Å². The first-order valence-electron chi connectivity index (χ1n) is 16.9. The Labute approximate surface area is 299 Å². The Bertz CT molecular complexity index is 2360. The molecule has 1 aliphatic heterocycles. The summed E-state index contributed by atoms with van der Waals surface area (Å²) < 4.78 is 39.6. The van der Waals surface area contributed by atoms with E-state index in [2.05, 4.69) is 4.98 Å². The molecular weight excluding hydrogens is 665 g/mol. The molecule has 6 aromatic rings. The third-order valence-electron chi connectivity index (χ3n) is 9.13. The summed E-state index contributed by atoms with van der Waals surface area (Å²) in [7, 11) is 3.02. The third-order valence-corrected chi connectivity index (χ3v) is 9.13. The van der Waals surface area contributed by atoms with Crippen LogP contribution in [0.25, 0.3) is 33.0 Å². The number of ether oxygens (including phenoxy) is 4. The van der Waals surface area contributed by atoms with Crippen LogP contribution < -0.4 is 14.2 Å². The Balaban J connectivity index is 1.40. The predicted octanol–water partition coefficient (Wildman–Crippen LogP) is 8.12. The van der Waals surface area contributed by atoms with Crippen LogP contribution >= 0.6 is 0 Å². The van der Waals surface area contributed by atoms with Crippen molar-refractivity contribution in [1.29, 1.82) is 0 Å². The zero-order chi connectivity index (χ0) is 36.4. The molecule has 1 aliphatic rings. The fourth-order valence-corrected chi connectivity index (χ4v) is 6.45. The van der Waals surface area contributed by atoms with Gasteiger partial charge in [-0.1, -0.05) is 61.9 Å². The van der Waals surface area contributed by atoms with E-state index >= 15 is 4.39 Å². The van der Waals surface area contributed by atoms with E-state index in [-0.39, 0.29) is 53.1 Å². The average molecular weight is 702 g/mol. The van der Waals surface area contributed by atoms with Crippen molar-refractivity contribution in [3.8, 4) is 17.2 Å². The number of methoxy groups -OCH3 is 2. The Kier molecular flexibility index (Phi) is 9.49. The van der Waals surface area contributed by atoms with Gasteiger partial charge in [0.2, 0.25) is 0 Å². The summed E-state index contributed by atoms with van der Waals surface area (Å²) in [5.74, 6) is -0.989. The molecule has 7 rings (SSSR count). The zero-order valence-electron chi connectivity index (χ0n) is 28.9. The van der Waals surface area contributed by atoms with Crippen LogP contribution in [0, 0.1) is 5.82 Å². The number of hydrogen-bond donors (Lipinski definition) is 1. The molecule has 0 atom stereocenters. The fraction of sp³-hybridized carbons (Fsp3) is 0.195. The van der Waals surface area contributed by atoms with Crippen LogP contribution in [-0.4, -0.2) is 53.2 Å². The van der Waals surface area contributed by atoms with Crippen molar-refractivity contribution in [3.63, 3.8) is 0 Å². The SMILES string of the molecule is CCCCOC(=O)n1cc(C2=C(c3c[nH]c4ccccc34)C(=O)N(Cc3ccc(OC)cc3OC)C2=O)c2cc(F)c(OCc3ccccc3)cc21. The lowest BCUT2D eigenvalue weighted by atomic mass is 9.95. The molecule has 4 aromatic carbocycles. The van der Waals surface area contributed by atoms with Gasteiger partial charge in [0.05, 0.1) is 44.0 Å². The number of nitrogens with zero attached hydrogens (tertiary/aromatic N) is 2. The van der Waals surface area contributed by atoms with Crippen LogP contribution in [0.5, 0.6) is 17.2 Å². The number of H-pyrrole nitrogens is 1. The number of carbonyl (C=O) groups is 3. The zero-order valence-corrected chi connectivity index (χ0v) is 28.9. The van der Waals surface area contributed by atoms with Crippen molar-refractivity contribution >= 4 is 50.9 Å². The van der Waals surface area contributed by atoms with Crippen LogP contribution in [0.1, 0.15) is 42.0 Å². The van der Waals surface area contributed by atoms with E-state index in [9.17, 15) is 14.4 Å². The lowest BCUT2D eigenvalue weighted by molar-refractivity contribution is -0.136. The molecular formula is C41H36FN3O7. The number of nitrogens with one attached hydrogen (secondary N) is 1. The third kappa shape index (κ3) is 6.25. The number of fused-ring (bicyclic) bond motifs is 2. The van der Waals surface area contributed by atoms with Crippen molar-refractivity contribution < 1.29 is 37.7 Å². The number of hydrogen-bond acceptors (Lipinski definition) is 7. The second kappa shape index (κ2) is 14.5. The molecule has 0 saturated heterocycles. The normalized spacial score (nSPS) is 13.0. The number of imide groups is 1.